The second-order valence-corrected chi connectivity index (χ2v) is 4.26. The summed E-state index contributed by atoms with van der Waals surface area (Å²) in [5.74, 6) is 0.123. The van der Waals surface area contributed by atoms with E-state index in [1.807, 2.05) is 0 Å². The molecule has 1 aromatic heterocycles. The molecule has 0 fully saturated rings. The first-order chi connectivity index (χ1) is 8.06. The van der Waals surface area contributed by atoms with Gasteiger partial charge in [-0.25, -0.2) is 4.79 Å². The van der Waals surface area contributed by atoms with E-state index in [4.69, 9.17) is 9.47 Å². The van der Waals surface area contributed by atoms with E-state index >= 15 is 0 Å². The minimum absolute atomic E-state index is 0.344. The number of aryl methyl sites for hydroxylation is 1. The van der Waals surface area contributed by atoms with Gasteiger partial charge in [-0.05, 0) is 12.8 Å². The predicted octanol–water partition coefficient (Wildman–Crippen LogP) is 1.77. The Hall–Kier alpha value is -1.36. The summed E-state index contributed by atoms with van der Waals surface area (Å²) >= 11 is 0. The van der Waals surface area contributed by atoms with Crippen LogP contribution < -0.4 is 0 Å². The Morgan fingerprint density at radius 1 is 1.53 bits per heavy atom. The Balaban J connectivity index is 2.69. The van der Waals surface area contributed by atoms with E-state index in [0.29, 0.717) is 31.3 Å². The number of carbonyl (C=O) groups is 1. The van der Waals surface area contributed by atoms with Crippen molar-refractivity contribution in [2.24, 2.45) is 13.0 Å². The molecule has 1 rings (SSSR count). The summed E-state index contributed by atoms with van der Waals surface area (Å²) in [5.41, 5.74) is 1.24. The lowest BCUT2D eigenvalue weighted by molar-refractivity contribution is 0.0514. The van der Waals surface area contributed by atoms with Crippen LogP contribution in [0.15, 0.2) is 6.20 Å². The molecule has 0 spiro atoms. The Morgan fingerprint density at radius 2 is 2.24 bits per heavy atom. The number of carbonyl (C=O) groups excluding carboxylic acids is 1. The molecule has 0 aliphatic rings. The van der Waals surface area contributed by atoms with Crippen LogP contribution in [0.4, 0.5) is 0 Å². The highest BCUT2D eigenvalue weighted by Gasteiger charge is 2.17. The van der Waals surface area contributed by atoms with Crippen molar-refractivity contribution in [3.63, 3.8) is 0 Å². The first-order valence-electron chi connectivity index (χ1n) is 5.82. The Morgan fingerprint density at radius 3 is 2.82 bits per heavy atom. The zero-order valence-electron chi connectivity index (χ0n) is 10.9. The summed E-state index contributed by atoms with van der Waals surface area (Å²) in [6.07, 6.45) is 1.52. The average Bonchev–Trinajstić information content (AvgIpc) is 2.60. The highest BCUT2D eigenvalue weighted by atomic mass is 16.5. The maximum absolute atomic E-state index is 11.6. The van der Waals surface area contributed by atoms with Gasteiger partial charge in [0.1, 0.15) is 5.56 Å². The summed E-state index contributed by atoms with van der Waals surface area (Å²) < 4.78 is 12.1. The molecule has 1 aromatic rings. The quantitative estimate of drug-likeness (QED) is 0.711. The maximum atomic E-state index is 11.6. The molecule has 0 N–H and O–H groups in total. The largest absolute Gasteiger partial charge is 0.462 e. The first kappa shape index (κ1) is 13.7. The summed E-state index contributed by atoms with van der Waals surface area (Å²) in [6, 6.07) is 0. The molecule has 0 aromatic carbocycles. The molecule has 1 heterocycles. The molecule has 0 unspecified atom stereocenters. The van der Waals surface area contributed by atoms with Crippen molar-refractivity contribution >= 4 is 5.97 Å². The standard InChI is InChI=1S/C12H20N2O3/c1-5-17-12(15)10-6-13-14(4)11(10)8-16-7-9(2)3/h6,9H,5,7-8H2,1-4H3. The van der Waals surface area contributed by atoms with Gasteiger partial charge in [0.15, 0.2) is 0 Å². The molecule has 0 radical (unpaired) electrons. The van der Waals surface area contributed by atoms with Crippen LogP contribution in [0.3, 0.4) is 0 Å². The smallest absolute Gasteiger partial charge is 0.341 e. The van der Waals surface area contributed by atoms with Crippen molar-refractivity contribution in [2.45, 2.75) is 27.4 Å². The molecule has 0 aliphatic heterocycles. The summed E-state index contributed by atoms with van der Waals surface area (Å²) in [5, 5.41) is 4.05. The fourth-order valence-electron chi connectivity index (χ4n) is 1.40. The number of hydrogen-bond donors (Lipinski definition) is 0. The first-order valence-corrected chi connectivity index (χ1v) is 5.82. The third-order valence-electron chi connectivity index (χ3n) is 2.25. The van der Waals surface area contributed by atoms with Crippen molar-refractivity contribution in [1.29, 1.82) is 0 Å². The molecule has 0 saturated carbocycles. The number of aromatic nitrogens is 2. The maximum Gasteiger partial charge on any atom is 0.341 e. The fourth-order valence-corrected chi connectivity index (χ4v) is 1.40. The molecule has 0 aliphatic carbocycles. The SMILES string of the molecule is CCOC(=O)c1cnn(C)c1COCC(C)C. The van der Waals surface area contributed by atoms with Crippen LogP contribution in [0, 0.1) is 5.92 Å². The second-order valence-electron chi connectivity index (χ2n) is 4.26. The van der Waals surface area contributed by atoms with Crippen LogP contribution in [0.2, 0.25) is 0 Å². The Labute approximate surface area is 102 Å². The fraction of sp³-hybridized carbons (Fsp3) is 0.667. The average molecular weight is 240 g/mol. The van der Waals surface area contributed by atoms with Gasteiger partial charge in [-0.1, -0.05) is 13.8 Å². The highest BCUT2D eigenvalue weighted by molar-refractivity contribution is 5.90. The van der Waals surface area contributed by atoms with Crippen molar-refractivity contribution in [3.05, 3.63) is 17.5 Å². The minimum Gasteiger partial charge on any atom is -0.462 e. The Kier molecular flexibility index (Phi) is 5.15. The van der Waals surface area contributed by atoms with Crippen LogP contribution in [0.25, 0.3) is 0 Å². The minimum atomic E-state index is -0.344. The van der Waals surface area contributed by atoms with Crippen LogP contribution in [-0.2, 0) is 23.1 Å². The normalized spacial score (nSPS) is 10.9. The van der Waals surface area contributed by atoms with Crippen molar-refractivity contribution in [1.82, 2.24) is 9.78 Å². The van der Waals surface area contributed by atoms with Crippen molar-refractivity contribution < 1.29 is 14.3 Å². The molecule has 96 valence electrons. The third-order valence-corrected chi connectivity index (χ3v) is 2.25. The van der Waals surface area contributed by atoms with Gasteiger partial charge >= 0.3 is 5.97 Å². The highest BCUT2D eigenvalue weighted by Crippen LogP contribution is 2.11. The molecule has 0 bridgehead atoms. The second kappa shape index (κ2) is 6.39. The van der Waals surface area contributed by atoms with Crippen molar-refractivity contribution in [2.75, 3.05) is 13.2 Å². The molecular formula is C12H20N2O3. The van der Waals surface area contributed by atoms with Gasteiger partial charge in [0.25, 0.3) is 0 Å². The molecule has 0 amide bonds. The van der Waals surface area contributed by atoms with E-state index in [1.54, 1.807) is 18.7 Å². The Bertz CT molecular complexity index is 372. The zero-order chi connectivity index (χ0) is 12.8. The number of ether oxygens (including phenoxy) is 2. The molecule has 5 heteroatoms. The number of nitrogens with zero attached hydrogens (tertiary/aromatic N) is 2. The summed E-state index contributed by atoms with van der Waals surface area (Å²) in [6.45, 7) is 7.34. The van der Waals surface area contributed by atoms with E-state index in [0.717, 1.165) is 5.69 Å². The number of rotatable bonds is 6. The molecule has 17 heavy (non-hydrogen) atoms. The van der Waals surface area contributed by atoms with E-state index in [9.17, 15) is 4.79 Å². The van der Waals surface area contributed by atoms with Gasteiger partial charge in [0.2, 0.25) is 0 Å². The topological polar surface area (TPSA) is 53.3 Å². The van der Waals surface area contributed by atoms with E-state index in [-0.39, 0.29) is 5.97 Å². The van der Waals surface area contributed by atoms with Crippen LogP contribution in [0.1, 0.15) is 36.8 Å². The monoisotopic (exact) mass is 240 g/mol. The summed E-state index contributed by atoms with van der Waals surface area (Å²) in [4.78, 5) is 11.6. The summed E-state index contributed by atoms with van der Waals surface area (Å²) in [7, 11) is 1.79. The predicted molar refractivity (Wildman–Crippen MR) is 63.7 cm³/mol. The van der Waals surface area contributed by atoms with Crippen LogP contribution in [0.5, 0.6) is 0 Å². The lowest BCUT2D eigenvalue weighted by atomic mass is 10.2. The van der Waals surface area contributed by atoms with Gasteiger partial charge in [-0.2, -0.15) is 5.10 Å². The zero-order valence-corrected chi connectivity index (χ0v) is 10.9. The van der Waals surface area contributed by atoms with Gasteiger partial charge in [-0.15, -0.1) is 0 Å². The number of hydrogen-bond acceptors (Lipinski definition) is 4. The van der Waals surface area contributed by atoms with Gasteiger partial charge in [-0.3, -0.25) is 4.68 Å². The lowest BCUT2D eigenvalue weighted by Crippen LogP contribution is -2.11. The molecule has 0 atom stereocenters. The molecule has 5 nitrogen and oxygen atoms in total. The van der Waals surface area contributed by atoms with Crippen LogP contribution >= 0.6 is 0 Å². The van der Waals surface area contributed by atoms with Gasteiger partial charge < -0.3 is 9.47 Å². The van der Waals surface area contributed by atoms with Crippen LogP contribution in [-0.4, -0.2) is 29.0 Å². The molecular weight excluding hydrogens is 220 g/mol. The number of esters is 1. The van der Waals surface area contributed by atoms with Gasteiger partial charge in [0, 0.05) is 13.7 Å². The van der Waals surface area contributed by atoms with E-state index in [2.05, 4.69) is 18.9 Å². The molecule has 0 saturated heterocycles. The van der Waals surface area contributed by atoms with E-state index < -0.39 is 0 Å². The lowest BCUT2D eigenvalue weighted by Gasteiger charge is -2.08. The van der Waals surface area contributed by atoms with E-state index in [1.165, 1.54) is 6.20 Å². The third kappa shape index (κ3) is 3.85. The van der Waals surface area contributed by atoms with Gasteiger partial charge in [0.05, 0.1) is 25.1 Å². The van der Waals surface area contributed by atoms with Crippen molar-refractivity contribution in [3.8, 4) is 0 Å².